The molecule has 1 atom stereocenters. The van der Waals surface area contributed by atoms with Crippen molar-refractivity contribution < 1.29 is 4.74 Å². The number of aromatic nitrogens is 2. The molecule has 0 saturated carbocycles. The number of para-hydroxylation sites is 1. The van der Waals surface area contributed by atoms with Crippen LogP contribution < -0.4 is 15.4 Å². The van der Waals surface area contributed by atoms with Crippen molar-refractivity contribution >= 4 is 5.82 Å². The quantitative estimate of drug-likeness (QED) is 0.742. The van der Waals surface area contributed by atoms with Gasteiger partial charge in [-0.05, 0) is 55.1 Å². The summed E-state index contributed by atoms with van der Waals surface area (Å²) in [6.07, 6.45) is 5.85. The molecule has 1 aliphatic rings. The molecule has 1 aromatic heterocycles. The molecular weight excluding hydrogens is 336 g/mol. The Morgan fingerprint density at radius 2 is 1.81 bits per heavy atom. The molecule has 5 heteroatoms. The summed E-state index contributed by atoms with van der Waals surface area (Å²) in [4.78, 5) is 11.2. The van der Waals surface area contributed by atoms with E-state index in [2.05, 4.69) is 27.0 Å². The fraction of sp³-hybridized carbons (Fsp3) is 0.273. The largest absolute Gasteiger partial charge is 0.457 e. The highest BCUT2D eigenvalue weighted by atomic mass is 16.5. The zero-order valence-electron chi connectivity index (χ0n) is 15.3. The lowest BCUT2D eigenvalue weighted by Crippen LogP contribution is -2.39. The SMILES string of the molecule is NCC1CCCN(c2ncncc2-c2ccc(Oc3ccccc3)cc2)C1. The van der Waals surface area contributed by atoms with E-state index >= 15 is 0 Å². The average Bonchev–Trinajstić information content (AvgIpc) is 2.75. The number of nitrogens with zero attached hydrogens (tertiary/aromatic N) is 3. The van der Waals surface area contributed by atoms with Gasteiger partial charge >= 0.3 is 0 Å². The Labute approximate surface area is 159 Å². The molecule has 1 fully saturated rings. The first-order chi connectivity index (χ1) is 13.3. The fourth-order valence-electron chi connectivity index (χ4n) is 3.56. The second-order valence-electron chi connectivity index (χ2n) is 6.89. The van der Waals surface area contributed by atoms with Crippen LogP contribution in [0.2, 0.25) is 0 Å². The van der Waals surface area contributed by atoms with Crippen molar-refractivity contribution in [2.45, 2.75) is 12.8 Å². The Morgan fingerprint density at radius 1 is 1.04 bits per heavy atom. The molecule has 0 spiro atoms. The maximum atomic E-state index is 5.90. The Kier molecular flexibility index (Phi) is 5.30. The molecule has 0 radical (unpaired) electrons. The van der Waals surface area contributed by atoms with Gasteiger partial charge in [0.15, 0.2) is 0 Å². The van der Waals surface area contributed by atoms with Gasteiger partial charge in [0.25, 0.3) is 0 Å². The number of anilines is 1. The van der Waals surface area contributed by atoms with Crippen LogP contribution in [-0.4, -0.2) is 29.6 Å². The molecule has 1 saturated heterocycles. The number of ether oxygens (including phenoxy) is 1. The molecule has 4 rings (SSSR count). The molecule has 2 N–H and O–H groups in total. The summed E-state index contributed by atoms with van der Waals surface area (Å²) < 4.78 is 5.89. The average molecular weight is 360 g/mol. The fourth-order valence-corrected chi connectivity index (χ4v) is 3.56. The Bertz CT molecular complexity index is 867. The summed E-state index contributed by atoms with van der Waals surface area (Å²) in [7, 11) is 0. The molecule has 0 amide bonds. The van der Waals surface area contributed by atoms with E-state index in [0.29, 0.717) is 5.92 Å². The minimum absolute atomic E-state index is 0.531. The first-order valence-electron chi connectivity index (χ1n) is 9.42. The first-order valence-corrected chi connectivity index (χ1v) is 9.42. The lowest BCUT2D eigenvalue weighted by molar-refractivity contribution is 0.422. The molecule has 2 heterocycles. The van der Waals surface area contributed by atoms with Crippen LogP contribution in [0.4, 0.5) is 5.82 Å². The summed E-state index contributed by atoms with van der Waals surface area (Å²) in [6, 6.07) is 17.9. The molecule has 3 aromatic rings. The van der Waals surface area contributed by atoms with Gasteiger partial charge in [-0.3, -0.25) is 0 Å². The summed E-state index contributed by atoms with van der Waals surface area (Å²) in [5, 5.41) is 0. The number of rotatable bonds is 5. The number of benzene rings is 2. The van der Waals surface area contributed by atoms with E-state index in [1.54, 1.807) is 6.33 Å². The van der Waals surface area contributed by atoms with E-state index in [1.807, 2.05) is 48.7 Å². The zero-order chi connectivity index (χ0) is 18.5. The van der Waals surface area contributed by atoms with Gasteiger partial charge in [0, 0.05) is 24.8 Å². The molecule has 1 aliphatic heterocycles. The molecule has 0 bridgehead atoms. The third kappa shape index (κ3) is 4.09. The third-order valence-corrected chi connectivity index (χ3v) is 4.99. The number of piperidine rings is 1. The third-order valence-electron chi connectivity index (χ3n) is 4.99. The molecule has 0 aliphatic carbocycles. The zero-order valence-corrected chi connectivity index (χ0v) is 15.3. The molecule has 138 valence electrons. The highest BCUT2D eigenvalue weighted by Crippen LogP contribution is 2.32. The van der Waals surface area contributed by atoms with E-state index in [9.17, 15) is 0 Å². The van der Waals surface area contributed by atoms with Gasteiger partial charge in [0.05, 0.1) is 0 Å². The van der Waals surface area contributed by atoms with Crippen LogP contribution in [0.5, 0.6) is 11.5 Å². The van der Waals surface area contributed by atoms with Crippen LogP contribution in [0, 0.1) is 5.92 Å². The van der Waals surface area contributed by atoms with Crippen LogP contribution in [0.25, 0.3) is 11.1 Å². The van der Waals surface area contributed by atoms with Crippen molar-refractivity contribution in [1.29, 1.82) is 0 Å². The van der Waals surface area contributed by atoms with Crippen LogP contribution >= 0.6 is 0 Å². The van der Waals surface area contributed by atoms with Crippen LogP contribution in [-0.2, 0) is 0 Å². The Hall–Kier alpha value is -2.92. The standard InChI is InChI=1S/C22H24N4O/c23-13-17-5-4-12-26(15-17)22-21(14-24-16-25-22)18-8-10-20(11-9-18)27-19-6-2-1-3-7-19/h1-3,6-11,14,16-17H,4-5,12-13,15,23H2. The predicted molar refractivity (Wildman–Crippen MR) is 108 cm³/mol. The highest BCUT2D eigenvalue weighted by Gasteiger charge is 2.22. The van der Waals surface area contributed by atoms with E-state index in [1.165, 1.54) is 6.42 Å². The molecule has 2 aromatic carbocycles. The van der Waals surface area contributed by atoms with Crippen LogP contribution in [0.3, 0.4) is 0 Å². The maximum Gasteiger partial charge on any atom is 0.139 e. The Morgan fingerprint density at radius 3 is 2.59 bits per heavy atom. The number of hydrogen-bond donors (Lipinski definition) is 1. The van der Waals surface area contributed by atoms with E-state index < -0.39 is 0 Å². The molecule has 5 nitrogen and oxygen atoms in total. The van der Waals surface area contributed by atoms with Crippen LogP contribution in [0.1, 0.15) is 12.8 Å². The van der Waals surface area contributed by atoms with Gasteiger partial charge in [-0.1, -0.05) is 30.3 Å². The molecule has 1 unspecified atom stereocenters. The molecule has 27 heavy (non-hydrogen) atoms. The van der Waals surface area contributed by atoms with E-state index in [0.717, 1.165) is 54.5 Å². The van der Waals surface area contributed by atoms with Gasteiger partial charge in [0.1, 0.15) is 23.6 Å². The second kappa shape index (κ2) is 8.18. The van der Waals surface area contributed by atoms with Crippen molar-refractivity contribution in [2.24, 2.45) is 11.7 Å². The first kappa shape index (κ1) is 17.5. The van der Waals surface area contributed by atoms with Crippen LogP contribution in [0.15, 0.2) is 67.1 Å². The Balaban J connectivity index is 1.57. The van der Waals surface area contributed by atoms with E-state index in [-0.39, 0.29) is 0 Å². The summed E-state index contributed by atoms with van der Waals surface area (Å²) >= 11 is 0. The lowest BCUT2D eigenvalue weighted by Gasteiger charge is -2.34. The summed E-state index contributed by atoms with van der Waals surface area (Å²) in [5.41, 5.74) is 8.03. The van der Waals surface area contributed by atoms with Crippen molar-refractivity contribution in [3.05, 3.63) is 67.1 Å². The van der Waals surface area contributed by atoms with Gasteiger partial charge < -0.3 is 15.4 Å². The molecular formula is C22H24N4O. The van der Waals surface area contributed by atoms with Crippen molar-refractivity contribution in [3.8, 4) is 22.6 Å². The monoisotopic (exact) mass is 360 g/mol. The van der Waals surface area contributed by atoms with Crippen molar-refractivity contribution in [2.75, 3.05) is 24.5 Å². The van der Waals surface area contributed by atoms with Crippen molar-refractivity contribution in [3.63, 3.8) is 0 Å². The van der Waals surface area contributed by atoms with Gasteiger partial charge in [-0.15, -0.1) is 0 Å². The normalized spacial score (nSPS) is 16.9. The van der Waals surface area contributed by atoms with Crippen molar-refractivity contribution in [1.82, 2.24) is 9.97 Å². The summed E-state index contributed by atoms with van der Waals surface area (Å²) in [5.74, 6) is 3.16. The maximum absolute atomic E-state index is 5.90. The number of hydrogen-bond acceptors (Lipinski definition) is 5. The van der Waals surface area contributed by atoms with E-state index in [4.69, 9.17) is 10.5 Å². The number of nitrogens with two attached hydrogens (primary N) is 1. The smallest absolute Gasteiger partial charge is 0.139 e. The topological polar surface area (TPSA) is 64.3 Å². The predicted octanol–water partition coefficient (Wildman–Crippen LogP) is 4.11. The van der Waals surface area contributed by atoms with Gasteiger partial charge in [-0.25, -0.2) is 9.97 Å². The second-order valence-corrected chi connectivity index (χ2v) is 6.89. The minimum Gasteiger partial charge on any atom is -0.457 e. The van der Waals surface area contributed by atoms with Gasteiger partial charge in [-0.2, -0.15) is 0 Å². The van der Waals surface area contributed by atoms with Gasteiger partial charge in [0.2, 0.25) is 0 Å². The minimum atomic E-state index is 0.531. The lowest BCUT2D eigenvalue weighted by atomic mass is 9.97. The highest BCUT2D eigenvalue weighted by molar-refractivity contribution is 5.75. The summed E-state index contributed by atoms with van der Waals surface area (Å²) in [6.45, 7) is 2.69.